The molecule has 0 radical (unpaired) electrons. The summed E-state index contributed by atoms with van der Waals surface area (Å²) in [4.78, 5) is 31.9. The predicted octanol–water partition coefficient (Wildman–Crippen LogP) is 3.00. The normalized spacial score (nSPS) is 16.6. The Morgan fingerprint density at radius 1 is 1.07 bits per heavy atom. The van der Waals surface area contributed by atoms with Gasteiger partial charge in [0.15, 0.2) is 5.82 Å². The van der Waals surface area contributed by atoms with E-state index in [4.69, 9.17) is 0 Å². The van der Waals surface area contributed by atoms with Crippen molar-refractivity contribution >= 4 is 11.7 Å². The highest BCUT2D eigenvalue weighted by atomic mass is 16.2. The van der Waals surface area contributed by atoms with E-state index in [1.807, 2.05) is 42.3 Å². The third-order valence-corrected chi connectivity index (χ3v) is 5.07. The molecule has 3 aromatic rings. The fourth-order valence-corrected chi connectivity index (χ4v) is 3.63. The van der Waals surface area contributed by atoms with Crippen molar-refractivity contribution in [3.63, 3.8) is 0 Å². The first kappa shape index (κ1) is 18.0. The maximum absolute atomic E-state index is 13.0. The standard InChI is InChI=1S/C21H22N6O/c1-22-20-19(24-10-11-25-20)15-4-6-16(7-5-15)21(28)27-12-2-3-17(13-27)18-8-9-23-14-26-18/h4-11,14,17H,2-3,12-13H2,1H3,(H,22,25)/t17-/m1/s1. The molecule has 0 bridgehead atoms. The highest BCUT2D eigenvalue weighted by molar-refractivity contribution is 5.95. The molecule has 0 spiro atoms. The predicted molar refractivity (Wildman–Crippen MR) is 107 cm³/mol. The minimum atomic E-state index is 0.0540. The van der Waals surface area contributed by atoms with Crippen molar-refractivity contribution in [1.82, 2.24) is 24.8 Å². The summed E-state index contributed by atoms with van der Waals surface area (Å²) in [6.07, 6.45) is 8.66. The Morgan fingerprint density at radius 2 is 1.89 bits per heavy atom. The summed E-state index contributed by atoms with van der Waals surface area (Å²) in [6, 6.07) is 9.50. The van der Waals surface area contributed by atoms with E-state index in [1.54, 1.807) is 24.9 Å². The molecule has 0 unspecified atom stereocenters. The Bertz CT molecular complexity index is 945. The number of aromatic nitrogens is 4. The molecule has 3 heterocycles. The molecular formula is C21H22N6O. The van der Waals surface area contributed by atoms with Gasteiger partial charge >= 0.3 is 0 Å². The third kappa shape index (κ3) is 3.69. The molecule has 1 aliphatic rings. The number of hydrogen-bond acceptors (Lipinski definition) is 6. The quantitative estimate of drug-likeness (QED) is 0.756. The van der Waals surface area contributed by atoms with Gasteiger partial charge in [-0.2, -0.15) is 0 Å². The summed E-state index contributed by atoms with van der Waals surface area (Å²) in [7, 11) is 1.82. The van der Waals surface area contributed by atoms with Gasteiger partial charge in [-0.3, -0.25) is 9.78 Å². The van der Waals surface area contributed by atoms with Crippen LogP contribution in [0.15, 0.2) is 55.2 Å². The zero-order valence-corrected chi connectivity index (χ0v) is 15.7. The van der Waals surface area contributed by atoms with Crippen LogP contribution in [0.3, 0.4) is 0 Å². The molecule has 2 aromatic heterocycles. The molecule has 4 rings (SSSR count). The summed E-state index contributed by atoms with van der Waals surface area (Å²) in [5.74, 6) is 1.03. The van der Waals surface area contributed by atoms with Gasteiger partial charge in [0.1, 0.15) is 12.0 Å². The smallest absolute Gasteiger partial charge is 0.253 e. The Kier molecular flexibility index (Phi) is 5.23. The number of hydrogen-bond donors (Lipinski definition) is 1. The lowest BCUT2D eigenvalue weighted by molar-refractivity contribution is 0.0706. The first-order valence-corrected chi connectivity index (χ1v) is 9.40. The van der Waals surface area contributed by atoms with Crippen molar-refractivity contribution in [2.75, 3.05) is 25.5 Å². The SMILES string of the molecule is CNc1nccnc1-c1ccc(C(=O)N2CCC[C@@H](c3ccncn3)C2)cc1. The minimum Gasteiger partial charge on any atom is -0.371 e. The maximum Gasteiger partial charge on any atom is 0.253 e. The van der Waals surface area contributed by atoms with E-state index < -0.39 is 0 Å². The Morgan fingerprint density at radius 3 is 2.64 bits per heavy atom. The highest BCUT2D eigenvalue weighted by Crippen LogP contribution is 2.27. The van der Waals surface area contributed by atoms with Crippen LogP contribution >= 0.6 is 0 Å². The van der Waals surface area contributed by atoms with E-state index in [1.165, 1.54) is 0 Å². The van der Waals surface area contributed by atoms with Crippen LogP contribution in [0.25, 0.3) is 11.3 Å². The van der Waals surface area contributed by atoms with Gasteiger partial charge in [-0.15, -0.1) is 0 Å². The maximum atomic E-state index is 13.0. The van der Waals surface area contributed by atoms with Gasteiger partial charge in [0.25, 0.3) is 5.91 Å². The number of anilines is 1. The molecule has 142 valence electrons. The van der Waals surface area contributed by atoms with Crippen molar-refractivity contribution in [2.24, 2.45) is 0 Å². The van der Waals surface area contributed by atoms with Gasteiger partial charge in [0.05, 0.1) is 0 Å². The lowest BCUT2D eigenvalue weighted by Crippen LogP contribution is -2.39. The first-order chi connectivity index (χ1) is 13.8. The van der Waals surface area contributed by atoms with Gasteiger partial charge in [-0.1, -0.05) is 12.1 Å². The average molecular weight is 374 g/mol. The molecule has 28 heavy (non-hydrogen) atoms. The van der Waals surface area contributed by atoms with Gasteiger partial charge in [0.2, 0.25) is 0 Å². The third-order valence-electron chi connectivity index (χ3n) is 5.07. The van der Waals surface area contributed by atoms with E-state index in [9.17, 15) is 4.79 Å². The number of likely N-dealkylation sites (tertiary alicyclic amines) is 1. The fraction of sp³-hybridized carbons (Fsp3) is 0.286. The topological polar surface area (TPSA) is 83.9 Å². The number of carbonyl (C=O) groups is 1. The van der Waals surface area contributed by atoms with Crippen LogP contribution in [0.1, 0.15) is 34.8 Å². The summed E-state index contributed by atoms with van der Waals surface area (Å²) in [6.45, 7) is 1.46. The van der Waals surface area contributed by atoms with E-state index in [0.29, 0.717) is 17.9 Å². The van der Waals surface area contributed by atoms with Crippen LogP contribution in [0.4, 0.5) is 5.82 Å². The largest absolute Gasteiger partial charge is 0.371 e. The van der Waals surface area contributed by atoms with Crippen LogP contribution in [0.5, 0.6) is 0 Å². The number of benzene rings is 1. The molecular weight excluding hydrogens is 352 g/mol. The summed E-state index contributed by atoms with van der Waals surface area (Å²) < 4.78 is 0. The number of carbonyl (C=O) groups excluding carboxylic acids is 1. The lowest BCUT2D eigenvalue weighted by atomic mass is 9.94. The molecule has 1 saturated heterocycles. The van der Waals surface area contributed by atoms with E-state index in [-0.39, 0.29) is 11.8 Å². The molecule has 7 nitrogen and oxygen atoms in total. The number of piperidine rings is 1. The molecule has 7 heteroatoms. The van der Waals surface area contributed by atoms with Crippen molar-refractivity contribution in [3.05, 3.63) is 66.5 Å². The second-order valence-electron chi connectivity index (χ2n) is 6.81. The minimum absolute atomic E-state index is 0.0540. The number of nitrogens with zero attached hydrogens (tertiary/aromatic N) is 5. The molecule has 1 atom stereocenters. The molecule has 1 fully saturated rings. The molecule has 1 aliphatic heterocycles. The van der Waals surface area contributed by atoms with Crippen molar-refractivity contribution in [1.29, 1.82) is 0 Å². The van der Waals surface area contributed by atoms with Crippen LogP contribution in [-0.4, -0.2) is 50.9 Å². The van der Waals surface area contributed by atoms with Gasteiger partial charge < -0.3 is 10.2 Å². The zero-order chi connectivity index (χ0) is 19.3. The Hall–Kier alpha value is -3.35. The Balaban J connectivity index is 1.50. The van der Waals surface area contributed by atoms with Gasteiger partial charge in [0, 0.05) is 61.5 Å². The van der Waals surface area contributed by atoms with Crippen LogP contribution in [0, 0.1) is 0 Å². The van der Waals surface area contributed by atoms with Crippen molar-refractivity contribution in [2.45, 2.75) is 18.8 Å². The van der Waals surface area contributed by atoms with E-state index >= 15 is 0 Å². The molecule has 1 N–H and O–H groups in total. The fourth-order valence-electron chi connectivity index (χ4n) is 3.63. The average Bonchev–Trinajstić information content (AvgIpc) is 2.79. The summed E-state index contributed by atoms with van der Waals surface area (Å²) >= 11 is 0. The second kappa shape index (κ2) is 8.12. The lowest BCUT2D eigenvalue weighted by Gasteiger charge is -2.32. The molecule has 1 aromatic carbocycles. The van der Waals surface area contributed by atoms with Crippen molar-refractivity contribution in [3.8, 4) is 11.3 Å². The first-order valence-electron chi connectivity index (χ1n) is 9.40. The Labute approximate surface area is 163 Å². The monoisotopic (exact) mass is 374 g/mol. The number of nitrogens with one attached hydrogen (secondary N) is 1. The van der Waals surface area contributed by atoms with Crippen LogP contribution in [0.2, 0.25) is 0 Å². The van der Waals surface area contributed by atoms with E-state index in [0.717, 1.165) is 36.3 Å². The zero-order valence-electron chi connectivity index (χ0n) is 15.7. The summed E-state index contributed by atoms with van der Waals surface area (Å²) in [5.41, 5.74) is 3.38. The van der Waals surface area contributed by atoms with Crippen LogP contribution < -0.4 is 5.32 Å². The number of amides is 1. The van der Waals surface area contributed by atoms with Gasteiger partial charge in [-0.05, 0) is 31.0 Å². The van der Waals surface area contributed by atoms with Crippen molar-refractivity contribution < 1.29 is 4.79 Å². The summed E-state index contributed by atoms with van der Waals surface area (Å²) in [5, 5.41) is 3.04. The number of rotatable bonds is 4. The van der Waals surface area contributed by atoms with Crippen LogP contribution in [-0.2, 0) is 0 Å². The molecule has 0 aliphatic carbocycles. The molecule has 0 saturated carbocycles. The second-order valence-corrected chi connectivity index (χ2v) is 6.81. The van der Waals surface area contributed by atoms with E-state index in [2.05, 4.69) is 25.3 Å². The molecule has 1 amide bonds. The highest BCUT2D eigenvalue weighted by Gasteiger charge is 2.26. The van der Waals surface area contributed by atoms with Gasteiger partial charge in [-0.25, -0.2) is 15.0 Å².